The van der Waals surface area contributed by atoms with Crippen molar-refractivity contribution in [2.75, 3.05) is 12.3 Å². The Kier molecular flexibility index (Phi) is 3.60. The molecule has 2 aromatic rings. The van der Waals surface area contributed by atoms with Crippen molar-refractivity contribution in [2.24, 2.45) is 0 Å². The summed E-state index contributed by atoms with van der Waals surface area (Å²) in [6, 6.07) is 0. The molecule has 0 bridgehead atoms. The zero-order chi connectivity index (χ0) is 16.0. The first-order valence-electron chi connectivity index (χ1n) is 6.86. The minimum atomic E-state index is -3.54. The van der Waals surface area contributed by atoms with Crippen LogP contribution in [0.1, 0.15) is 12.6 Å². The monoisotopic (exact) mass is 341 g/mol. The molecule has 3 atom stereocenters. The van der Waals surface area contributed by atoms with Crippen LogP contribution >= 0.6 is 7.82 Å². The summed E-state index contributed by atoms with van der Waals surface area (Å²) in [6.45, 7) is -0.202. The second-order valence-corrected chi connectivity index (χ2v) is 6.74. The molecule has 0 aromatic carbocycles. The van der Waals surface area contributed by atoms with Crippen LogP contribution in [-0.4, -0.2) is 51.1 Å². The summed E-state index contributed by atoms with van der Waals surface area (Å²) in [7, 11) is -3.61. The Morgan fingerprint density at radius 2 is 2.30 bits per heavy atom. The molecule has 2 saturated heterocycles. The first-order chi connectivity index (χ1) is 11.1. The van der Waals surface area contributed by atoms with Gasteiger partial charge in [0.1, 0.15) is 17.9 Å². The zero-order valence-electron chi connectivity index (χ0n) is 11.8. The van der Waals surface area contributed by atoms with E-state index in [4.69, 9.17) is 23.9 Å². The van der Waals surface area contributed by atoms with E-state index < -0.39 is 26.3 Å². The van der Waals surface area contributed by atoms with Crippen LogP contribution in [0.4, 0.5) is 5.82 Å². The van der Waals surface area contributed by atoms with Gasteiger partial charge in [0.25, 0.3) is 0 Å². The standard InChI is InChI=1S/C10H13BN5O6P/c12-8-7-9(14-3-13-8)16(4-15-7)10-6(1-5(2-17)19-10)20-23(18)21-11-22-23/h3-6,10-11,17H,1-2H2,(H2,12,13,14)/t5-,6+,10+/m0/s1. The van der Waals surface area contributed by atoms with Gasteiger partial charge in [0.2, 0.25) is 0 Å². The minimum Gasteiger partial charge on any atom is -0.394 e. The highest BCUT2D eigenvalue weighted by Crippen LogP contribution is 2.58. The lowest BCUT2D eigenvalue weighted by atomic mass is 10.2. The first-order valence-corrected chi connectivity index (χ1v) is 8.32. The van der Waals surface area contributed by atoms with E-state index in [1.807, 2.05) is 0 Å². The number of aromatic nitrogens is 4. The maximum atomic E-state index is 12.0. The predicted molar refractivity (Wildman–Crippen MR) is 77.1 cm³/mol. The van der Waals surface area contributed by atoms with Gasteiger partial charge in [-0.05, 0) is 0 Å². The number of aliphatic hydroxyl groups is 1. The minimum absolute atomic E-state index is 0.0727. The lowest BCUT2D eigenvalue weighted by Crippen LogP contribution is -2.26. The number of aliphatic hydroxyl groups excluding tert-OH is 1. The molecule has 3 N–H and O–H groups in total. The lowest BCUT2D eigenvalue weighted by Gasteiger charge is -2.29. The molecule has 2 aliphatic rings. The molecule has 2 aliphatic heterocycles. The SMILES string of the molecule is Nc1ncnc2c1ncn2[C@@H]1O[C@H](CO)C[C@H]1OP1(=O)OBO1. The van der Waals surface area contributed by atoms with Gasteiger partial charge in [-0.3, -0.25) is 9.09 Å². The van der Waals surface area contributed by atoms with Crippen LogP contribution in [0.2, 0.25) is 0 Å². The summed E-state index contributed by atoms with van der Waals surface area (Å²) in [5.74, 6) is 0.237. The fourth-order valence-corrected chi connectivity index (χ4v) is 3.52. The van der Waals surface area contributed by atoms with Crippen LogP contribution in [-0.2, 0) is 22.7 Å². The first kappa shape index (κ1) is 15.0. The molecule has 2 fully saturated rings. The Balaban J connectivity index is 1.68. The fourth-order valence-electron chi connectivity index (χ4n) is 2.59. The number of nitrogen functional groups attached to an aromatic ring is 1. The molecular weight excluding hydrogens is 328 g/mol. The van der Waals surface area contributed by atoms with E-state index in [9.17, 15) is 9.67 Å². The van der Waals surface area contributed by atoms with Gasteiger partial charge in [-0.25, -0.2) is 19.5 Å². The van der Waals surface area contributed by atoms with Crippen LogP contribution in [0.15, 0.2) is 12.7 Å². The third-order valence-electron chi connectivity index (χ3n) is 3.70. The second kappa shape index (κ2) is 5.51. The number of rotatable bonds is 4. The van der Waals surface area contributed by atoms with E-state index in [2.05, 4.69) is 15.0 Å². The van der Waals surface area contributed by atoms with E-state index in [1.54, 1.807) is 4.57 Å². The van der Waals surface area contributed by atoms with Gasteiger partial charge >= 0.3 is 15.5 Å². The predicted octanol–water partition coefficient (Wildman–Crippen LogP) is -0.505. The summed E-state index contributed by atoms with van der Waals surface area (Å²) in [5.41, 5.74) is 6.63. The number of hydrogen-bond acceptors (Lipinski definition) is 10. The Bertz CT molecular complexity index is 780. The Morgan fingerprint density at radius 1 is 1.48 bits per heavy atom. The topological polar surface area (TPSA) is 144 Å². The molecule has 122 valence electrons. The number of nitrogens with zero attached hydrogens (tertiary/aromatic N) is 4. The highest BCUT2D eigenvalue weighted by atomic mass is 31.2. The van der Waals surface area contributed by atoms with Crippen molar-refractivity contribution in [3.8, 4) is 0 Å². The molecule has 0 unspecified atom stereocenters. The molecular formula is C10H13BN5O6P. The van der Waals surface area contributed by atoms with Crippen LogP contribution in [0.3, 0.4) is 0 Å². The Morgan fingerprint density at radius 3 is 3.00 bits per heavy atom. The molecule has 23 heavy (non-hydrogen) atoms. The molecule has 0 radical (unpaired) electrons. The quantitative estimate of drug-likeness (QED) is 0.551. The molecule has 2 aromatic heterocycles. The van der Waals surface area contributed by atoms with Gasteiger partial charge in [0.15, 0.2) is 17.7 Å². The third-order valence-corrected chi connectivity index (χ3v) is 5.07. The summed E-state index contributed by atoms with van der Waals surface area (Å²) in [4.78, 5) is 12.2. The van der Waals surface area contributed by atoms with E-state index >= 15 is 0 Å². The Hall–Kier alpha value is -1.56. The van der Waals surface area contributed by atoms with Crippen molar-refractivity contribution in [1.82, 2.24) is 19.5 Å². The maximum absolute atomic E-state index is 12.0. The van der Waals surface area contributed by atoms with E-state index in [1.165, 1.54) is 12.7 Å². The highest BCUT2D eigenvalue weighted by Gasteiger charge is 2.46. The lowest BCUT2D eigenvalue weighted by molar-refractivity contribution is -0.0490. The summed E-state index contributed by atoms with van der Waals surface area (Å²) in [5, 5.41) is 9.34. The average molecular weight is 341 g/mol. The molecule has 13 heteroatoms. The number of hydrogen-bond donors (Lipinski definition) is 2. The molecule has 11 nitrogen and oxygen atoms in total. The number of anilines is 1. The van der Waals surface area contributed by atoms with E-state index in [0.29, 0.717) is 17.6 Å². The van der Waals surface area contributed by atoms with Crippen molar-refractivity contribution in [3.63, 3.8) is 0 Å². The van der Waals surface area contributed by atoms with Gasteiger partial charge < -0.3 is 24.5 Å². The third kappa shape index (κ3) is 2.53. The van der Waals surface area contributed by atoms with Crippen LogP contribution in [0.5, 0.6) is 0 Å². The largest absolute Gasteiger partial charge is 0.456 e. The fraction of sp³-hybridized carbons (Fsp3) is 0.500. The van der Waals surface area contributed by atoms with Crippen molar-refractivity contribution in [3.05, 3.63) is 12.7 Å². The maximum Gasteiger partial charge on any atom is 0.456 e. The van der Waals surface area contributed by atoms with Crippen LogP contribution < -0.4 is 5.73 Å². The zero-order valence-corrected chi connectivity index (χ0v) is 12.7. The smallest absolute Gasteiger partial charge is 0.394 e. The Labute approximate surface area is 130 Å². The number of imidazole rings is 1. The summed E-state index contributed by atoms with van der Waals surface area (Å²) < 4.78 is 34.5. The number of ether oxygens (including phenoxy) is 1. The van der Waals surface area contributed by atoms with Gasteiger partial charge in [-0.2, -0.15) is 0 Å². The second-order valence-electron chi connectivity index (χ2n) is 5.12. The number of phosphoric acid groups is 1. The highest BCUT2D eigenvalue weighted by molar-refractivity contribution is 7.53. The molecule has 0 amide bonds. The van der Waals surface area contributed by atoms with E-state index in [-0.39, 0.29) is 20.1 Å². The molecule has 4 heterocycles. The average Bonchev–Trinajstić information content (AvgIpc) is 3.10. The van der Waals surface area contributed by atoms with Gasteiger partial charge in [0, 0.05) is 6.42 Å². The van der Waals surface area contributed by atoms with Crippen molar-refractivity contribution in [1.29, 1.82) is 0 Å². The number of nitrogens with two attached hydrogens (primary N) is 1. The molecule has 0 saturated carbocycles. The van der Waals surface area contributed by atoms with Crippen molar-refractivity contribution >= 4 is 32.5 Å². The van der Waals surface area contributed by atoms with Gasteiger partial charge in [-0.15, -0.1) is 0 Å². The van der Waals surface area contributed by atoms with E-state index in [0.717, 1.165) is 0 Å². The summed E-state index contributed by atoms with van der Waals surface area (Å²) in [6.07, 6.45) is 1.27. The van der Waals surface area contributed by atoms with Crippen LogP contribution in [0.25, 0.3) is 11.2 Å². The van der Waals surface area contributed by atoms with Crippen LogP contribution in [0, 0.1) is 0 Å². The number of fused-ring (bicyclic) bond motifs is 1. The molecule has 0 aliphatic carbocycles. The van der Waals surface area contributed by atoms with Crippen molar-refractivity contribution < 1.29 is 27.8 Å². The van der Waals surface area contributed by atoms with Gasteiger partial charge in [0.05, 0.1) is 19.0 Å². The molecule has 4 rings (SSSR count). The van der Waals surface area contributed by atoms with Gasteiger partial charge in [-0.1, -0.05) is 0 Å². The van der Waals surface area contributed by atoms with Crippen molar-refractivity contribution in [2.45, 2.75) is 24.9 Å². The molecule has 0 spiro atoms. The normalized spacial score (nSPS) is 29.3. The summed E-state index contributed by atoms with van der Waals surface area (Å²) >= 11 is 0.